The molecule has 2 aromatic heterocycles. The second-order valence-electron chi connectivity index (χ2n) is 5.40. The molecular formula is C10H12N5Na3O9P2S. The average molecular weight is 509 g/mol. The van der Waals surface area contributed by atoms with Gasteiger partial charge in [0.15, 0.2) is 17.7 Å². The summed E-state index contributed by atoms with van der Waals surface area (Å²) in [7, 11) is -5.30. The first-order valence-electron chi connectivity index (χ1n) is 7.12. The number of nitrogens with two attached hydrogens (primary N) is 1. The number of aliphatic hydroxyl groups excluding tert-OH is 2. The fourth-order valence-corrected chi connectivity index (χ4v) is 4.70. The molecule has 0 aromatic carbocycles. The van der Waals surface area contributed by atoms with Crippen molar-refractivity contribution in [1.29, 1.82) is 0 Å². The summed E-state index contributed by atoms with van der Waals surface area (Å²) >= 11 is 3.82. The fraction of sp³-hybridized carbons (Fsp3) is 0.500. The van der Waals surface area contributed by atoms with Crippen molar-refractivity contribution in [2.24, 2.45) is 0 Å². The van der Waals surface area contributed by atoms with Crippen molar-refractivity contribution < 1.29 is 132 Å². The fourth-order valence-electron chi connectivity index (χ4n) is 2.46. The first-order chi connectivity index (χ1) is 12.5. The normalized spacial score (nSPS) is 25.6. The molecule has 1 fully saturated rings. The molecule has 5 atom stereocenters. The van der Waals surface area contributed by atoms with Crippen molar-refractivity contribution in [3.8, 4) is 0 Å². The number of nitrogens with zero attached hydrogens (tertiary/aromatic N) is 4. The van der Waals surface area contributed by atoms with Gasteiger partial charge in [0.25, 0.3) is 7.82 Å². The topological polar surface area (TPSA) is 224 Å². The molecule has 14 nitrogen and oxygen atoms in total. The van der Waals surface area contributed by atoms with Crippen LogP contribution in [0.5, 0.6) is 0 Å². The molecule has 2 aromatic rings. The van der Waals surface area contributed by atoms with Gasteiger partial charge in [0.2, 0.25) is 0 Å². The molecule has 1 aliphatic heterocycles. The SMILES string of the molecule is Nc1ncnc2c1ncn2[C@@H]1O[C@H](COP(=O)([O-])OP([O-])([O-])=S)[C@@H](O)[C@H]1O.[Na+].[Na+].[Na+]. The molecule has 3 rings (SSSR count). The summed E-state index contributed by atoms with van der Waals surface area (Å²) in [6, 6.07) is 0. The van der Waals surface area contributed by atoms with Crippen LogP contribution < -0.4 is 109 Å². The van der Waals surface area contributed by atoms with E-state index in [1.807, 2.05) is 0 Å². The number of aromatic nitrogens is 4. The summed E-state index contributed by atoms with van der Waals surface area (Å²) in [6.07, 6.45) is -3.23. The molecule has 150 valence electrons. The number of nitrogen functional groups attached to an aromatic ring is 1. The number of ether oxygens (including phenoxy) is 1. The summed E-state index contributed by atoms with van der Waals surface area (Å²) in [5, 5.41) is 20.3. The zero-order valence-electron chi connectivity index (χ0n) is 16.1. The number of phosphoric ester groups is 1. The molecule has 1 saturated heterocycles. The average Bonchev–Trinajstić information content (AvgIpc) is 3.07. The van der Waals surface area contributed by atoms with E-state index in [2.05, 4.69) is 35.6 Å². The third-order valence-electron chi connectivity index (χ3n) is 3.60. The van der Waals surface area contributed by atoms with Gasteiger partial charge in [0.05, 0.1) is 12.9 Å². The number of rotatable bonds is 6. The second kappa shape index (κ2) is 12.6. The number of hydrogen-bond donors (Lipinski definition) is 3. The van der Waals surface area contributed by atoms with Gasteiger partial charge in [-0.2, -0.15) is 0 Å². The Morgan fingerprint density at radius 2 is 1.83 bits per heavy atom. The number of aliphatic hydroxyl groups is 2. The van der Waals surface area contributed by atoms with Crippen molar-refractivity contribution in [3.63, 3.8) is 0 Å². The largest absolute Gasteiger partial charge is 1.00 e. The number of anilines is 1. The van der Waals surface area contributed by atoms with E-state index < -0.39 is 45.7 Å². The molecule has 1 unspecified atom stereocenters. The molecule has 30 heavy (non-hydrogen) atoms. The van der Waals surface area contributed by atoms with Crippen LogP contribution in [0.4, 0.5) is 5.82 Å². The van der Waals surface area contributed by atoms with Crippen LogP contribution in [0.25, 0.3) is 11.2 Å². The van der Waals surface area contributed by atoms with E-state index in [4.69, 9.17) is 10.5 Å². The molecule has 1 aliphatic rings. The molecule has 0 radical (unpaired) electrons. The first-order valence-corrected chi connectivity index (χ1v) is 11.1. The van der Waals surface area contributed by atoms with Gasteiger partial charge < -0.3 is 44.2 Å². The first kappa shape index (κ1) is 31.9. The van der Waals surface area contributed by atoms with Gasteiger partial charge in [-0.25, -0.2) is 15.0 Å². The molecule has 0 saturated carbocycles. The van der Waals surface area contributed by atoms with Crippen LogP contribution in [0.2, 0.25) is 0 Å². The third kappa shape index (κ3) is 7.72. The van der Waals surface area contributed by atoms with Crippen LogP contribution in [-0.2, 0) is 29.9 Å². The van der Waals surface area contributed by atoms with Gasteiger partial charge in [-0.3, -0.25) is 9.13 Å². The van der Waals surface area contributed by atoms with Gasteiger partial charge in [0.1, 0.15) is 30.2 Å². The zero-order valence-corrected chi connectivity index (χ0v) is 24.7. The maximum Gasteiger partial charge on any atom is 1.00 e. The van der Waals surface area contributed by atoms with E-state index >= 15 is 0 Å². The molecule has 0 amide bonds. The zero-order chi connectivity index (χ0) is 20.0. The third-order valence-corrected chi connectivity index (χ3v) is 6.26. The van der Waals surface area contributed by atoms with Crippen LogP contribution >= 0.6 is 14.5 Å². The summed E-state index contributed by atoms with van der Waals surface area (Å²) in [5.41, 5.74) is 6.11. The van der Waals surface area contributed by atoms with Gasteiger partial charge in [-0.1, -0.05) is 6.72 Å². The Balaban J connectivity index is 0.00000280. The standard InChI is InChI=1S/C10H15N5O9P2S.3Na/c11-8-5-9(13-2-12-8)15(3-14-5)10-7(17)6(16)4(23-10)1-22-25(18,19)24-26(20,21)27;;;/h2-4,6-7,10,16-17H,1H2,(H,18,19)(H2,11,12,13)(H2,20,21,27);;;/q;3*+1/p-3/t4-,6-,7-,10-;;;/m1.../s1. The van der Waals surface area contributed by atoms with E-state index in [0.29, 0.717) is 0 Å². The molecular weight excluding hydrogens is 497 g/mol. The predicted molar refractivity (Wildman–Crippen MR) is 84.6 cm³/mol. The van der Waals surface area contributed by atoms with Gasteiger partial charge in [-0.15, -0.1) is 11.8 Å². The summed E-state index contributed by atoms with van der Waals surface area (Å²) in [4.78, 5) is 44.6. The van der Waals surface area contributed by atoms with Crippen molar-refractivity contribution in [1.82, 2.24) is 19.5 Å². The minimum absolute atomic E-state index is 0. The number of imidazole rings is 1. The maximum atomic E-state index is 11.4. The Morgan fingerprint density at radius 3 is 2.43 bits per heavy atom. The summed E-state index contributed by atoms with van der Waals surface area (Å²) in [5.74, 6) is 0.0852. The molecule has 20 heteroatoms. The number of fused-ring (bicyclic) bond motifs is 1. The van der Waals surface area contributed by atoms with Gasteiger partial charge in [0, 0.05) is 0 Å². The van der Waals surface area contributed by atoms with Gasteiger partial charge in [-0.05, 0) is 0 Å². The monoisotopic (exact) mass is 509 g/mol. The predicted octanol–water partition coefficient (Wildman–Crippen LogP) is -12.5. The van der Waals surface area contributed by atoms with E-state index in [9.17, 15) is 29.5 Å². The minimum Gasteiger partial charge on any atom is -0.812 e. The maximum absolute atomic E-state index is 11.4. The molecule has 4 N–H and O–H groups in total. The van der Waals surface area contributed by atoms with Crippen molar-refractivity contribution >= 4 is 43.3 Å². The minimum atomic E-state index is -5.30. The molecule has 3 heterocycles. The van der Waals surface area contributed by atoms with Crippen molar-refractivity contribution in [2.75, 3.05) is 12.3 Å². The van der Waals surface area contributed by atoms with E-state index in [0.717, 1.165) is 6.33 Å². The summed E-state index contributed by atoms with van der Waals surface area (Å²) < 4.78 is 26.1. The Bertz CT molecular complexity index is 951. The summed E-state index contributed by atoms with van der Waals surface area (Å²) in [6.45, 7) is -5.86. The smallest absolute Gasteiger partial charge is 0.812 e. The van der Waals surface area contributed by atoms with Crippen LogP contribution in [0.15, 0.2) is 12.7 Å². The van der Waals surface area contributed by atoms with Crippen LogP contribution in [0.3, 0.4) is 0 Å². The second-order valence-corrected chi connectivity index (χ2v) is 9.44. The van der Waals surface area contributed by atoms with Crippen LogP contribution in [0.1, 0.15) is 6.23 Å². The molecule has 0 bridgehead atoms. The molecule has 0 spiro atoms. The van der Waals surface area contributed by atoms with Crippen LogP contribution in [0, 0.1) is 0 Å². The van der Waals surface area contributed by atoms with Crippen molar-refractivity contribution in [2.45, 2.75) is 24.5 Å². The van der Waals surface area contributed by atoms with E-state index in [1.54, 1.807) is 0 Å². The Kier molecular flexibility index (Phi) is 13.4. The number of hydrogen-bond acceptors (Lipinski definition) is 14. The van der Waals surface area contributed by atoms with Crippen LogP contribution in [-0.4, -0.2) is 54.7 Å². The Labute approximate surface area is 241 Å². The quantitative estimate of drug-likeness (QED) is 0.243. The van der Waals surface area contributed by atoms with E-state index in [1.165, 1.54) is 10.9 Å². The van der Waals surface area contributed by atoms with E-state index in [-0.39, 0.29) is 106 Å². The van der Waals surface area contributed by atoms with Gasteiger partial charge >= 0.3 is 88.7 Å². The Hall–Kier alpha value is 1.91. The Morgan fingerprint density at radius 1 is 1.20 bits per heavy atom. The van der Waals surface area contributed by atoms with Crippen molar-refractivity contribution in [3.05, 3.63) is 12.7 Å². The molecule has 0 aliphatic carbocycles. The number of phosphoric acid groups is 1.